The summed E-state index contributed by atoms with van der Waals surface area (Å²) in [5.74, 6) is -1.04. The maximum atomic E-state index is 13.5. The standard InChI is InChI=1S/C18H16ClFO5/c1-23-15-9-14(22)16(18(25-3)17(15)24-2)13(21)7-5-10-4-6-11(19)12(20)8-10/h4-9,22H,1-3H3/b7-5+. The van der Waals surface area contributed by atoms with Crippen molar-refractivity contribution in [2.24, 2.45) is 0 Å². The van der Waals surface area contributed by atoms with Gasteiger partial charge in [0.25, 0.3) is 0 Å². The monoisotopic (exact) mass is 366 g/mol. The fraction of sp³-hybridized carbons (Fsp3) is 0.167. The molecule has 2 aromatic carbocycles. The fourth-order valence-corrected chi connectivity index (χ4v) is 2.37. The molecular formula is C18H16ClFO5. The minimum absolute atomic E-state index is 0.0114. The van der Waals surface area contributed by atoms with Gasteiger partial charge in [-0.1, -0.05) is 23.7 Å². The lowest BCUT2D eigenvalue weighted by Gasteiger charge is -2.15. The van der Waals surface area contributed by atoms with E-state index in [2.05, 4.69) is 0 Å². The van der Waals surface area contributed by atoms with Gasteiger partial charge in [-0.05, 0) is 23.8 Å². The summed E-state index contributed by atoms with van der Waals surface area (Å²) in [4.78, 5) is 12.5. The zero-order valence-corrected chi connectivity index (χ0v) is 14.6. The number of allylic oxidation sites excluding steroid dienone is 1. The number of ketones is 1. The summed E-state index contributed by atoms with van der Waals surface area (Å²) >= 11 is 5.62. The molecule has 0 atom stereocenters. The fourth-order valence-electron chi connectivity index (χ4n) is 2.25. The van der Waals surface area contributed by atoms with E-state index in [1.807, 2.05) is 0 Å². The third-order valence-electron chi connectivity index (χ3n) is 3.43. The molecule has 0 aliphatic carbocycles. The molecule has 2 rings (SSSR count). The summed E-state index contributed by atoms with van der Waals surface area (Å²) in [5.41, 5.74) is 0.347. The maximum absolute atomic E-state index is 13.5. The zero-order chi connectivity index (χ0) is 18.6. The van der Waals surface area contributed by atoms with Crippen LogP contribution in [-0.4, -0.2) is 32.2 Å². The molecule has 0 aromatic heterocycles. The molecule has 7 heteroatoms. The molecule has 132 valence electrons. The number of hydrogen-bond donors (Lipinski definition) is 1. The topological polar surface area (TPSA) is 65.0 Å². The van der Waals surface area contributed by atoms with Crippen molar-refractivity contribution in [3.05, 3.63) is 52.3 Å². The first kappa shape index (κ1) is 18.6. The number of carbonyl (C=O) groups is 1. The highest BCUT2D eigenvalue weighted by Crippen LogP contribution is 2.44. The second-order valence-corrected chi connectivity index (χ2v) is 5.32. The van der Waals surface area contributed by atoms with Gasteiger partial charge < -0.3 is 19.3 Å². The average molecular weight is 367 g/mol. The normalized spacial score (nSPS) is 10.8. The van der Waals surface area contributed by atoms with Crippen LogP contribution in [0.15, 0.2) is 30.3 Å². The molecule has 0 bridgehead atoms. The van der Waals surface area contributed by atoms with Gasteiger partial charge in [0.2, 0.25) is 5.75 Å². The quantitative estimate of drug-likeness (QED) is 0.615. The second kappa shape index (κ2) is 7.90. The summed E-state index contributed by atoms with van der Waals surface area (Å²) in [6, 6.07) is 5.39. The largest absolute Gasteiger partial charge is 0.507 e. The van der Waals surface area contributed by atoms with Crippen LogP contribution >= 0.6 is 11.6 Å². The molecule has 0 radical (unpaired) electrons. The highest BCUT2D eigenvalue weighted by atomic mass is 35.5. The van der Waals surface area contributed by atoms with Crippen LogP contribution in [0.3, 0.4) is 0 Å². The number of phenols is 1. The van der Waals surface area contributed by atoms with E-state index in [0.717, 1.165) is 0 Å². The van der Waals surface area contributed by atoms with Gasteiger partial charge in [0.15, 0.2) is 17.3 Å². The Balaban J connectivity index is 2.44. The van der Waals surface area contributed by atoms with E-state index in [4.69, 9.17) is 25.8 Å². The van der Waals surface area contributed by atoms with Crippen LogP contribution in [0.5, 0.6) is 23.0 Å². The van der Waals surface area contributed by atoms with Crippen LogP contribution in [-0.2, 0) is 0 Å². The molecule has 0 unspecified atom stereocenters. The lowest BCUT2D eigenvalue weighted by molar-refractivity contribution is 0.104. The SMILES string of the molecule is COc1cc(O)c(C(=O)/C=C/c2ccc(Cl)c(F)c2)c(OC)c1OC. The zero-order valence-electron chi connectivity index (χ0n) is 13.8. The average Bonchev–Trinajstić information content (AvgIpc) is 2.61. The van der Waals surface area contributed by atoms with Gasteiger partial charge in [-0.3, -0.25) is 4.79 Å². The van der Waals surface area contributed by atoms with Crippen LogP contribution in [0.25, 0.3) is 6.08 Å². The molecule has 5 nitrogen and oxygen atoms in total. The van der Waals surface area contributed by atoms with Gasteiger partial charge in [-0.2, -0.15) is 0 Å². The molecule has 0 amide bonds. The predicted molar refractivity (Wildman–Crippen MR) is 92.5 cm³/mol. The molecule has 2 aromatic rings. The minimum atomic E-state index is -0.595. The van der Waals surface area contributed by atoms with Crippen molar-refractivity contribution in [3.63, 3.8) is 0 Å². The Hall–Kier alpha value is -2.73. The molecule has 0 aliphatic rings. The van der Waals surface area contributed by atoms with Gasteiger partial charge in [-0.15, -0.1) is 0 Å². The number of halogens is 2. The van der Waals surface area contributed by atoms with Crippen molar-refractivity contribution in [3.8, 4) is 23.0 Å². The number of benzene rings is 2. The number of carbonyl (C=O) groups excluding carboxylic acids is 1. The number of aromatic hydroxyl groups is 1. The number of phenolic OH excluding ortho intramolecular Hbond substituents is 1. The predicted octanol–water partition coefficient (Wildman–Crippen LogP) is 4.11. The molecule has 1 N–H and O–H groups in total. The number of methoxy groups -OCH3 is 3. The third-order valence-corrected chi connectivity index (χ3v) is 3.73. The van der Waals surface area contributed by atoms with Crippen LogP contribution in [0, 0.1) is 5.82 Å². The maximum Gasteiger partial charge on any atom is 0.204 e. The van der Waals surface area contributed by atoms with Gasteiger partial charge in [0.1, 0.15) is 17.1 Å². The Morgan fingerprint density at radius 1 is 1.12 bits per heavy atom. The third kappa shape index (κ3) is 3.85. The molecule has 0 aliphatic heterocycles. The molecule has 0 fully saturated rings. The van der Waals surface area contributed by atoms with Crippen molar-refractivity contribution < 1.29 is 28.5 Å². The van der Waals surface area contributed by atoms with Crippen LogP contribution in [0.1, 0.15) is 15.9 Å². The van der Waals surface area contributed by atoms with E-state index in [1.54, 1.807) is 6.07 Å². The Morgan fingerprint density at radius 2 is 1.80 bits per heavy atom. The Bertz CT molecular complexity index is 833. The Kier molecular flexibility index (Phi) is 5.88. The van der Waals surface area contributed by atoms with E-state index in [1.165, 1.54) is 51.7 Å². The number of rotatable bonds is 6. The van der Waals surface area contributed by atoms with Gasteiger partial charge in [0.05, 0.1) is 26.4 Å². The Morgan fingerprint density at radius 3 is 2.36 bits per heavy atom. The lowest BCUT2D eigenvalue weighted by atomic mass is 10.0. The molecule has 0 saturated heterocycles. The number of hydrogen-bond acceptors (Lipinski definition) is 5. The highest BCUT2D eigenvalue weighted by Gasteiger charge is 2.24. The summed E-state index contributed by atoms with van der Waals surface area (Å²) in [5, 5.41) is 10.1. The van der Waals surface area contributed by atoms with E-state index in [0.29, 0.717) is 5.56 Å². The first-order valence-electron chi connectivity index (χ1n) is 7.12. The second-order valence-electron chi connectivity index (χ2n) is 4.91. The van der Waals surface area contributed by atoms with Gasteiger partial charge in [0, 0.05) is 6.07 Å². The van der Waals surface area contributed by atoms with Crippen LogP contribution in [0.2, 0.25) is 5.02 Å². The smallest absolute Gasteiger partial charge is 0.204 e. The van der Waals surface area contributed by atoms with Gasteiger partial charge in [-0.25, -0.2) is 4.39 Å². The van der Waals surface area contributed by atoms with Crippen molar-refractivity contribution in [1.29, 1.82) is 0 Å². The van der Waals surface area contributed by atoms with Crippen molar-refractivity contribution >= 4 is 23.5 Å². The summed E-state index contributed by atoms with van der Waals surface area (Å²) in [6.07, 6.45) is 2.59. The molecule has 25 heavy (non-hydrogen) atoms. The molecular weight excluding hydrogens is 351 g/mol. The number of ether oxygens (including phenoxy) is 3. The van der Waals surface area contributed by atoms with E-state index in [9.17, 15) is 14.3 Å². The summed E-state index contributed by atoms with van der Waals surface area (Å²) < 4.78 is 28.9. The van der Waals surface area contributed by atoms with E-state index < -0.39 is 11.6 Å². The molecule has 0 saturated carbocycles. The van der Waals surface area contributed by atoms with Crippen molar-refractivity contribution in [2.45, 2.75) is 0 Å². The van der Waals surface area contributed by atoms with Gasteiger partial charge >= 0.3 is 0 Å². The lowest BCUT2D eigenvalue weighted by Crippen LogP contribution is -2.03. The van der Waals surface area contributed by atoms with E-state index >= 15 is 0 Å². The van der Waals surface area contributed by atoms with Crippen LogP contribution in [0.4, 0.5) is 4.39 Å². The molecule has 0 spiro atoms. The summed E-state index contributed by atoms with van der Waals surface area (Å²) in [6.45, 7) is 0. The minimum Gasteiger partial charge on any atom is -0.507 e. The first-order valence-corrected chi connectivity index (χ1v) is 7.50. The van der Waals surface area contributed by atoms with Crippen molar-refractivity contribution in [1.82, 2.24) is 0 Å². The van der Waals surface area contributed by atoms with Crippen LogP contribution < -0.4 is 14.2 Å². The Labute approximate surface area is 149 Å². The highest BCUT2D eigenvalue weighted by molar-refractivity contribution is 6.30. The van der Waals surface area contributed by atoms with E-state index in [-0.39, 0.29) is 33.6 Å². The van der Waals surface area contributed by atoms with Crippen molar-refractivity contribution in [2.75, 3.05) is 21.3 Å². The summed E-state index contributed by atoms with van der Waals surface area (Å²) in [7, 11) is 4.12. The molecule has 0 heterocycles. The first-order chi connectivity index (χ1) is 11.9.